The lowest BCUT2D eigenvalue weighted by atomic mass is 10.0. The number of carbonyl (C=O) groups excluding carboxylic acids is 1. The smallest absolute Gasteiger partial charge is 0.253 e. The van der Waals surface area contributed by atoms with Gasteiger partial charge in [0.1, 0.15) is 5.82 Å². The highest BCUT2D eigenvalue weighted by atomic mass is 19.1. The number of rotatable bonds is 7. The van der Waals surface area contributed by atoms with Crippen molar-refractivity contribution in [2.75, 3.05) is 40.0 Å². The van der Waals surface area contributed by atoms with Crippen LogP contribution in [0.4, 0.5) is 4.39 Å². The normalized spacial score (nSPS) is 17.3. The summed E-state index contributed by atoms with van der Waals surface area (Å²) in [5.41, 5.74) is 1.64. The second kappa shape index (κ2) is 9.60. The lowest BCUT2D eigenvalue weighted by molar-refractivity contribution is -0.131. The number of methoxy groups -OCH3 is 1. The van der Waals surface area contributed by atoms with Crippen LogP contribution < -0.4 is 5.32 Å². The molecular weight excluding hydrogens is 347 g/mol. The van der Waals surface area contributed by atoms with E-state index in [0.717, 1.165) is 24.2 Å². The van der Waals surface area contributed by atoms with Crippen molar-refractivity contribution < 1.29 is 18.7 Å². The molecule has 3 rings (SSSR count). The van der Waals surface area contributed by atoms with Crippen molar-refractivity contribution in [3.8, 4) is 0 Å². The first-order chi connectivity index (χ1) is 13.2. The minimum Gasteiger partial charge on any atom is -0.379 e. The van der Waals surface area contributed by atoms with Gasteiger partial charge in [-0.25, -0.2) is 4.39 Å². The van der Waals surface area contributed by atoms with Crippen LogP contribution in [0, 0.1) is 5.82 Å². The first kappa shape index (κ1) is 19.5. The van der Waals surface area contributed by atoms with Crippen LogP contribution in [0.25, 0.3) is 0 Å². The Bertz CT molecular complexity index is 735. The molecule has 2 unspecified atom stereocenters. The quantitative estimate of drug-likeness (QED) is 0.812. The third kappa shape index (κ3) is 5.13. The number of halogens is 1. The van der Waals surface area contributed by atoms with Gasteiger partial charge in [0.05, 0.1) is 19.3 Å². The number of benzene rings is 2. The summed E-state index contributed by atoms with van der Waals surface area (Å²) in [4.78, 5) is 14.9. The van der Waals surface area contributed by atoms with E-state index in [9.17, 15) is 9.18 Å². The number of carbonyl (C=O) groups is 1. The van der Waals surface area contributed by atoms with Crippen LogP contribution >= 0.6 is 0 Å². The molecule has 2 atom stereocenters. The first-order valence-corrected chi connectivity index (χ1v) is 9.11. The number of hydrogen-bond acceptors (Lipinski definition) is 4. The van der Waals surface area contributed by atoms with Crippen molar-refractivity contribution in [2.45, 2.75) is 12.1 Å². The lowest BCUT2D eigenvalue weighted by Crippen LogP contribution is -2.44. The van der Waals surface area contributed by atoms with Crippen LogP contribution in [0.2, 0.25) is 0 Å². The predicted molar refractivity (Wildman–Crippen MR) is 101 cm³/mol. The van der Waals surface area contributed by atoms with Crippen molar-refractivity contribution in [1.29, 1.82) is 0 Å². The Labute approximate surface area is 159 Å². The van der Waals surface area contributed by atoms with E-state index in [-0.39, 0.29) is 17.8 Å². The van der Waals surface area contributed by atoms with E-state index >= 15 is 0 Å². The van der Waals surface area contributed by atoms with Crippen LogP contribution in [0.3, 0.4) is 0 Å². The fraction of sp³-hybridized carbons (Fsp3) is 0.381. The van der Waals surface area contributed by atoms with E-state index in [1.54, 1.807) is 6.07 Å². The Balaban J connectivity index is 1.72. The molecule has 144 valence electrons. The molecule has 1 amide bonds. The van der Waals surface area contributed by atoms with Crippen LogP contribution in [0.1, 0.15) is 23.3 Å². The summed E-state index contributed by atoms with van der Waals surface area (Å²) in [6.45, 7) is 3.11. The molecule has 1 aliphatic heterocycles. The Kier molecular flexibility index (Phi) is 6.92. The molecule has 1 N–H and O–H groups in total. The second-order valence-corrected chi connectivity index (χ2v) is 6.49. The van der Waals surface area contributed by atoms with Crippen molar-refractivity contribution in [2.24, 2.45) is 0 Å². The molecule has 2 aromatic carbocycles. The largest absolute Gasteiger partial charge is 0.379 e. The van der Waals surface area contributed by atoms with Crippen molar-refractivity contribution >= 4 is 5.91 Å². The number of nitrogens with one attached hydrogen (secondary N) is 1. The molecule has 0 radical (unpaired) electrons. The van der Waals surface area contributed by atoms with Crippen LogP contribution in [-0.2, 0) is 14.3 Å². The van der Waals surface area contributed by atoms with E-state index in [1.165, 1.54) is 19.2 Å². The van der Waals surface area contributed by atoms with Gasteiger partial charge in [-0.05, 0) is 23.3 Å². The van der Waals surface area contributed by atoms with Gasteiger partial charge in [-0.15, -0.1) is 0 Å². The summed E-state index contributed by atoms with van der Waals surface area (Å²) >= 11 is 0. The zero-order valence-corrected chi connectivity index (χ0v) is 15.4. The highest BCUT2D eigenvalue weighted by Gasteiger charge is 2.26. The lowest BCUT2D eigenvalue weighted by Gasteiger charge is -2.35. The maximum Gasteiger partial charge on any atom is 0.253 e. The minimum atomic E-state index is -0.677. The molecule has 1 saturated heterocycles. The van der Waals surface area contributed by atoms with Gasteiger partial charge in [-0.2, -0.15) is 0 Å². The van der Waals surface area contributed by atoms with Crippen molar-refractivity contribution in [3.05, 3.63) is 71.5 Å². The predicted octanol–water partition coefficient (Wildman–Crippen LogP) is 2.70. The number of ether oxygens (including phenoxy) is 2. The average Bonchev–Trinajstić information content (AvgIpc) is 2.70. The van der Waals surface area contributed by atoms with Crippen LogP contribution in [0.5, 0.6) is 0 Å². The maximum atomic E-state index is 13.7. The van der Waals surface area contributed by atoms with E-state index in [4.69, 9.17) is 9.47 Å². The molecule has 5 nitrogen and oxygen atoms in total. The van der Waals surface area contributed by atoms with Crippen molar-refractivity contribution in [1.82, 2.24) is 10.2 Å². The molecule has 1 aliphatic rings. The number of amides is 1. The average molecular weight is 372 g/mol. The van der Waals surface area contributed by atoms with Crippen LogP contribution in [0.15, 0.2) is 54.6 Å². The van der Waals surface area contributed by atoms with Gasteiger partial charge < -0.3 is 14.8 Å². The maximum absolute atomic E-state index is 13.7. The van der Waals surface area contributed by atoms with Gasteiger partial charge >= 0.3 is 0 Å². The molecular formula is C21H25FN2O3. The van der Waals surface area contributed by atoms with E-state index in [1.807, 2.05) is 36.4 Å². The number of hydrogen-bond donors (Lipinski definition) is 1. The molecule has 0 spiro atoms. The van der Waals surface area contributed by atoms with Gasteiger partial charge in [0.25, 0.3) is 5.91 Å². The summed E-state index contributed by atoms with van der Waals surface area (Å²) in [6.07, 6.45) is -0.677. The topological polar surface area (TPSA) is 50.8 Å². The zero-order chi connectivity index (χ0) is 19.1. The third-order valence-corrected chi connectivity index (χ3v) is 4.77. The summed E-state index contributed by atoms with van der Waals surface area (Å²) in [5.74, 6) is -0.491. The number of morpholine rings is 1. The summed E-state index contributed by atoms with van der Waals surface area (Å²) < 4.78 is 24.6. The molecule has 27 heavy (non-hydrogen) atoms. The van der Waals surface area contributed by atoms with E-state index in [2.05, 4.69) is 10.2 Å². The van der Waals surface area contributed by atoms with Gasteiger partial charge in [-0.3, -0.25) is 9.69 Å². The minimum absolute atomic E-state index is 0.123. The molecule has 1 heterocycles. The molecule has 0 aromatic heterocycles. The summed E-state index contributed by atoms with van der Waals surface area (Å²) in [7, 11) is 1.52. The Morgan fingerprint density at radius 3 is 2.52 bits per heavy atom. The van der Waals surface area contributed by atoms with Gasteiger partial charge in [0.2, 0.25) is 0 Å². The zero-order valence-electron chi connectivity index (χ0n) is 15.4. The summed E-state index contributed by atoms with van der Waals surface area (Å²) in [5, 5.41) is 2.98. The molecule has 6 heteroatoms. The fourth-order valence-electron chi connectivity index (χ4n) is 3.37. The monoisotopic (exact) mass is 372 g/mol. The standard InChI is InChI=1S/C21H25FN2O3/c1-26-20(16-6-3-2-4-7-16)21(25)23-15-19(24-10-12-27-13-11-24)17-8-5-9-18(22)14-17/h2-9,14,19-20H,10-13,15H2,1H3,(H,23,25). The Morgan fingerprint density at radius 2 is 1.85 bits per heavy atom. The fourth-order valence-corrected chi connectivity index (χ4v) is 3.37. The van der Waals surface area contributed by atoms with E-state index in [0.29, 0.717) is 19.8 Å². The Morgan fingerprint density at radius 1 is 1.15 bits per heavy atom. The number of nitrogens with zero attached hydrogens (tertiary/aromatic N) is 1. The molecule has 2 aromatic rings. The van der Waals surface area contributed by atoms with Gasteiger partial charge in [0, 0.05) is 26.7 Å². The molecule has 0 saturated carbocycles. The molecule has 0 aliphatic carbocycles. The summed E-state index contributed by atoms with van der Waals surface area (Å²) in [6, 6.07) is 15.8. The molecule has 0 bridgehead atoms. The highest BCUT2D eigenvalue weighted by molar-refractivity contribution is 5.82. The van der Waals surface area contributed by atoms with Crippen molar-refractivity contribution in [3.63, 3.8) is 0 Å². The SMILES string of the molecule is COC(C(=O)NCC(c1cccc(F)c1)N1CCOCC1)c1ccccc1. The van der Waals surface area contributed by atoms with E-state index < -0.39 is 6.10 Å². The van der Waals surface area contributed by atoms with Gasteiger partial charge in [-0.1, -0.05) is 42.5 Å². The highest BCUT2D eigenvalue weighted by Crippen LogP contribution is 2.23. The van der Waals surface area contributed by atoms with Crippen LogP contribution in [-0.4, -0.2) is 50.8 Å². The Hall–Kier alpha value is -2.28. The third-order valence-electron chi connectivity index (χ3n) is 4.77. The first-order valence-electron chi connectivity index (χ1n) is 9.11. The second-order valence-electron chi connectivity index (χ2n) is 6.49. The molecule has 1 fully saturated rings. The van der Waals surface area contributed by atoms with Gasteiger partial charge in [0.15, 0.2) is 6.10 Å².